The molecule has 3 N–H and O–H groups in total. The summed E-state index contributed by atoms with van der Waals surface area (Å²) in [7, 11) is 0. The first-order valence-corrected chi connectivity index (χ1v) is 7.61. The van der Waals surface area contributed by atoms with Crippen LogP contribution < -0.4 is 0 Å². The number of amides is 1. The summed E-state index contributed by atoms with van der Waals surface area (Å²) in [6.07, 6.45) is 0.395. The molecule has 0 aromatic carbocycles. The normalized spacial score (nSPS) is 24.5. The number of carbonyl (C=O) groups is 2. The van der Waals surface area contributed by atoms with E-state index in [2.05, 4.69) is 15.2 Å². The van der Waals surface area contributed by atoms with Gasteiger partial charge in [-0.05, 0) is 20.8 Å². The fraction of sp³-hybridized carbons (Fsp3) is 0.538. The fourth-order valence-electron chi connectivity index (χ4n) is 3.02. The molecular weight excluding hydrogens is 308 g/mol. The van der Waals surface area contributed by atoms with Crippen LogP contribution in [0, 0.1) is 12.8 Å². The van der Waals surface area contributed by atoms with Crippen LogP contribution in [-0.4, -0.2) is 53.8 Å². The van der Waals surface area contributed by atoms with E-state index in [1.807, 2.05) is 0 Å². The van der Waals surface area contributed by atoms with Gasteiger partial charge in [0.1, 0.15) is 11.5 Å². The third-order valence-corrected chi connectivity index (χ3v) is 4.87. The summed E-state index contributed by atoms with van der Waals surface area (Å²) in [5, 5.41) is 27.8. The number of nitrogens with one attached hydrogen (secondary N) is 1. The minimum Gasteiger partial charge on any atom is -0.477 e. The summed E-state index contributed by atoms with van der Waals surface area (Å²) in [6.45, 7) is 4.88. The highest BCUT2D eigenvalue weighted by Crippen LogP contribution is 2.49. The first kappa shape index (κ1) is 15.0. The van der Waals surface area contributed by atoms with Gasteiger partial charge in [0, 0.05) is 11.3 Å². The Bertz CT molecular complexity index is 690. The van der Waals surface area contributed by atoms with E-state index in [9.17, 15) is 19.8 Å². The SMILES string of the molecule is Cc1nnc(SC2=C(C(=O)O)N3C(=O)[C@@H](C(C)(C)O)[C@H]3C2)[nH]1. The Hall–Kier alpha value is -1.87. The Labute approximate surface area is 130 Å². The lowest BCUT2D eigenvalue weighted by molar-refractivity contribution is -0.169. The quantitative estimate of drug-likeness (QED) is 0.690. The number of rotatable bonds is 4. The van der Waals surface area contributed by atoms with Crippen molar-refractivity contribution in [3.8, 4) is 0 Å². The molecule has 2 aliphatic heterocycles. The molecule has 2 atom stereocenters. The lowest BCUT2D eigenvalue weighted by Gasteiger charge is -2.48. The Morgan fingerprint density at radius 2 is 2.14 bits per heavy atom. The smallest absolute Gasteiger partial charge is 0.353 e. The molecule has 0 bridgehead atoms. The molecule has 22 heavy (non-hydrogen) atoms. The molecule has 1 fully saturated rings. The zero-order valence-corrected chi connectivity index (χ0v) is 13.1. The second kappa shape index (κ2) is 4.82. The van der Waals surface area contributed by atoms with Crippen LogP contribution in [0.1, 0.15) is 26.1 Å². The number of aliphatic carboxylic acids is 1. The van der Waals surface area contributed by atoms with Gasteiger partial charge in [-0.15, -0.1) is 10.2 Å². The van der Waals surface area contributed by atoms with Crippen LogP contribution in [0.5, 0.6) is 0 Å². The van der Waals surface area contributed by atoms with Crippen LogP contribution in [0.25, 0.3) is 0 Å². The van der Waals surface area contributed by atoms with Crippen molar-refractivity contribution >= 4 is 23.6 Å². The summed E-state index contributed by atoms with van der Waals surface area (Å²) < 4.78 is 0. The number of thioether (sulfide) groups is 1. The summed E-state index contributed by atoms with van der Waals surface area (Å²) >= 11 is 1.16. The molecule has 0 saturated carbocycles. The van der Waals surface area contributed by atoms with Crippen molar-refractivity contribution < 1.29 is 19.8 Å². The van der Waals surface area contributed by atoms with Crippen LogP contribution in [0.3, 0.4) is 0 Å². The second-order valence-corrected chi connectivity index (χ2v) is 7.09. The third kappa shape index (κ3) is 2.20. The Morgan fingerprint density at radius 3 is 2.64 bits per heavy atom. The number of aromatic amines is 1. The molecule has 1 aromatic rings. The highest BCUT2D eigenvalue weighted by Gasteiger charge is 2.59. The van der Waals surface area contributed by atoms with Gasteiger partial charge in [0.25, 0.3) is 0 Å². The van der Waals surface area contributed by atoms with Gasteiger partial charge in [0.15, 0.2) is 5.16 Å². The Kier molecular flexibility index (Phi) is 3.29. The minimum absolute atomic E-state index is 0.0189. The number of β-lactam (4-membered cyclic amide) rings is 1. The highest BCUT2D eigenvalue weighted by atomic mass is 32.2. The van der Waals surface area contributed by atoms with Gasteiger partial charge < -0.3 is 20.1 Å². The van der Waals surface area contributed by atoms with E-state index in [-0.39, 0.29) is 17.6 Å². The van der Waals surface area contributed by atoms with Crippen LogP contribution in [-0.2, 0) is 9.59 Å². The lowest BCUT2D eigenvalue weighted by Crippen LogP contribution is -2.65. The Balaban J connectivity index is 1.90. The summed E-state index contributed by atoms with van der Waals surface area (Å²) in [5.41, 5.74) is -1.19. The van der Waals surface area contributed by atoms with Crippen molar-refractivity contribution in [2.24, 2.45) is 5.92 Å². The minimum atomic E-state index is -1.18. The van der Waals surface area contributed by atoms with Crippen molar-refractivity contribution in [2.75, 3.05) is 0 Å². The van der Waals surface area contributed by atoms with Crippen LogP contribution in [0.15, 0.2) is 15.8 Å². The van der Waals surface area contributed by atoms with Crippen LogP contribution in [0.4, 0.5) is 0 Å². The van der Waals surface area contributed by atoms with E-state index in [4.69, 9.17) is 0 Å². The number of aliphatic hydroxyl groups is 1. The molecule has 0 unspecified atom stereocenters. The number of H-pyrrole nitrogens is 1. The van der Waals surface area contributed by atoms with Crippen molar-refractivity contribution in [1.82, 2.24) is 20.1 Å². The monoisotopic (exact) mass is 324 g/mol. The van der Waals surface area contributed by atoms with Gasteiger partial charge in [-0.2, -0.15) is 0 Å². The first-order valence-electron chi connectivity index (χ1n) is 6.79. The highest BCUT2D eigenvalue weighted by molar-refractivity contribution is 8.03. The maximum Gasteiger partial charge on any atom is 0.353 e. The topological polar surface area (TPSA) is 119 Å². The average molecular weight is 324 g/mol. The number of fused-ring (bicyclic) bond motifs is 1. The lowest BCUT2D eigenvalue weighted by atomic mass is 9.76. The van der Waals surface area contributed by atoms with Crippen LogP contribution in [0.2, 0.25) is 0 Å². The van der Waals surface area contributed by atoms with E-state index < -0.39 is 17.5 Å². The number of carboxylic acids is 1. The van der Waals surface area contributed by atoms with E-state index in [0.717, 1.165) is 11.8 Å². The number of nitrogens with zero attached hydrogens (tertiary/aromatic N) is 3. The molecule has 1 saturated heterocycles. The van der Waals surface area contributed by atoms with Gasteiger partial charge in [-0.3, -0.25) is 4.79 Å². The van der Waals surface area contributed by atoms with Gasteiger partial charge in [0.05, 0.1) is 17.6 Å². The van der Waals surface area contributed by atoms with E-state index in [0.29, 0.717) is 22.3 Å². The summed E-state index contributed by atoms with van der Waals surface area (Å²) in [4.78, 5) is 28.5. The predicted octanol–water partition coefficient (Wildman–Crippen LogP) is 0.503. The molecule has 0 aliphatic carbocycles. The molecule has 3 heterocycles. The number of carboxylic acid groups (broad SMARTS) is 1. The van der Waals surface area contributed by atoms with E-state index in [1.54, 1.807) is 20.8 Å². The van der Waals surface area contributed by atoms with Gasteiger partial charge in [-0.25, -0.2) is 4.79 Å². The average Bonchev–Trinajstić information content (AvgIpc) is 2.90. The molecule has 9 heteroatoms. The standard InChI is InChI=1S/C13H16N4O4S/c1-5-14-12(16-15-5)22-7-4-6-8(13(2,3)21)10(18)17(6)9(7)11(19)20/h6,8,21H,4H2,1-3H3,(H,19,20)(H,14,15,16)/t6-,8+/m1/s1. The summed E-state index contributed by atoms with van der Waals surface area (Å²) in [5.74, 6) is -1.45. The van der Waals surface area contributed by atoms with Crippen molar-refractivity contribution in [3.63, 3.8) is 0 Å². The third-order valence-electron chi connectivity index (χ3n) is 3.88. The number of hydrogen-bond acceptors (Lipinski definition) is 6. The molecule has 0 spiro atoms. The number of carbonyl (C=O) groups excluding carboxylic acids is 1. The Morgan fingerprint density at radius 1 is 1.45 bits per heavy atom. The van der Waals surface area contributed by atoms with Gasteiger partial charge in [-0.1, -0.05) is 11.8 Å². The summed E-state index contributed by atoms with van der Waals surface area (Å²) in [6, 6.07) is -0.315. The van der Waals surface area contributed by atoms with Gasteiger partial charge >= 0.3 is 5.97 Å². The molecule has 2 aliphatic rings. The van der Waals surface area contributed by atoms with Gasteiger partial charge in [0.2, 0.25) is 5.91 Å². The number of hydrogen-bond donors (Lipinski definition) is 3. The molecule has 1 amide bonds. The number of aryl methyl sites for hydroxylation is 1. The largest absolute Gasteiger partial charge is 0.477 e. The maximum atomic E-state index is 12.2. The van der Waals surface area contributed by atoms with Crippen molar-refractivity contribution in [3.05, 3.63) is 16.4 Å². The maximum absolute atomic E-state index is 12.2. The fourth-order valence-corrected chi connectivity index (χ4v) is 4.07. The first-order chi connectivity index (χ1) is 10.2. The van der Waals surface area contributed by atoms with Crippen molar-refractivity contribution in [1.29, 1.82) is 0 Å². The zero-order chi connectivity index (χ0) is 16.2. The van der Waals surface area contributed by atoms with Crippen LogP contribution >= 0.6 is 11.8 Å². The van der Waals surface area contributed by atoms with E-state index in [1.165, 1.54) is 4.90 Å². The molecule has 0 radical (unpaired) electrons. The molecule has 1 aromatic heterocycles. The molecule has 3 rings (SSSR count). The van der Waals surface area contributed by atoms with Crippen molar-refractivity contribution in [2.45, 2.75) is 44.0 Å². The predicted molar refractivity (Wildman–Crippen MR) is 76.7 cm³/mol. The molecular formula is C13H16N4O4S. The molecule has 118 valence electrons. The second-order valence-electron chi connectivity index (χ2n) is 6.01. The molecule has 8 nitrogen and oxygen atoms in total. The zero-order valence-electron chi connectivity index (χ0n) is 12.3. The van der Waals surface area contributed by atoms with E-state index >= 15 is 0 Å². The number of aromatic nitrogens is 3.